The Balaban J connectivity index is 1.66. The van der Waals surface area contributed by atoms with Crippen LogP contribution in [0.5, 0.6) is 0 Å². The molecule has 5 heteroatoms. The van der Waals surface area contributed by atoms with Crippen molar-refractivity contribution in [2.75, 3.05) is 24.5 Å². The number of rotatable bonds is 5. The molecule has 1 aromatic heterocycles. The van der Waals surface area contributed by atoms with Crippen molar-refractivity contribution in [3.63, 3.8) is 0 Å². The van der Waals surface area contributed by atoms with Crippen LogP contribution in [0.2, 0.25) is 0 Å². The van der Waals surface area contributed by atoms with Gasteiger partial charge in [-0.05, 0) is 51.0 Å². The van der Waals surface area contributed by atoms with E-state index in [0.29, 0.717) is 17.3 Å². The third-order valence-corrected chi connectivity index (χ3v) is 5.19. The standard InChI is InChI=1S/C21H26N4O/c1-15-6-5-7-17(12-15)19-22-14-18(21(26)23-13-16-8-9-16)20(24-19)25-10-3-2-4-11-25/h5-7,12,14,16H,2-4,8-11,13H2,1H3,(H,23,26). The molecule has 0 unspecified atom stereocenters. The molecule has 5 nitrogen and oxygen atoms in total. The van der Waals surface area contributed by atoms with Gasteiger partial charge in [-0.15, -0.1) is 0 Å². The Morgan fingerprint density at radius 3 is 2.77 bits per heavy atom. The molecular weight excluding hydrogens is 324 g/mol. The van der Waals surface area contributed by atoms with E-state index >= 15 is 0 Å². The largest absolute Gasteiger partial charge is 0.356 e. The number of nitrogens with one attached hydrogen (secondary N) is 1. The second-order valence-corrected chi connectivity index (χ2v) is 7.50. The number of carbonyl (C=O) groups is 1. The van der Waals surface area contributed by atoms with Gasteiger partial charge in [0.05, 0.1) is 0 Å². The Morgan fingerprint density at radius 2 is 2.04 bits per heavy atom. The fourth-order valence-electron chi connectivity index (χ4n) is 3.46. The van der Waals surface area contributed by atoms with Crippen LogP contribution in [-0.4, -0.2) is 35.5 Å². The van der Waals surface area contributed by atoms with Gasteiger partial charge in [0.25, 0.3) is 5.91 Å². The predicted molar refractivity (Wildman–Crippen MR) is 103 cm³/mol. The first kappa shape index (κ1) is 17.0. The molecule has 2 aromatic rings. The molecule has 2 heterocycles. The lowest BCUT2D eigenvalue weighted by Gasteiger charge is -2.29. The lowest BCUT2D eigenvalue weighted by atomic mass is 10.1. The molecule has 0 bridgehead atoms. The average Bonchev–Trinajstić information content (AvgIpc) is 3.51. The quantitative estimate of drug-likeness (QED) is 0.895. The highest BCUT2D eigenvalue weighted by molar-refractivity contribution is 5.99. The highest BCUT2D eigenvalue weighted by atomic mass is 16.1. The van der Waals surface area contributed by atoms with Crippen LogP contribution in [0.25, 0.3) is 11.4 Å². The molecule has 1 N–H and O–H groups in total. The molecule has 0 radical (unpaired) electrons. The second kappa shape index (κ2) is 7.44. The van der Waals surface area contributed by atoms with Gasteiger partial charge < -0.3 is 10.2 Å². The lowest BCUT2D eigenvalue weighted by Crippen LogP contribution is -2.34. The number of amides is 1. The maximum atomic E-state index is 12.7. The van der Waals surface area contributed by atoms with Crippen LogP contribution in [0.1, 0.15) is 48.0 Å². The fourth-order valence-corrected chi connectivity index (χ4v) is 3.46. The summed E-state index contributed by atoms with van der Waals surface area (Å²) in [6.45, 7) is 4.73. The Labute approximate surface area is 154 Å². The average molecular weight is 350 g/mol. The minimum atomic E-state index is -0.0479. The summed E-state index contributed by atoms with van der Waals surface area (Å²) in [5.41, 5.74) is 2.77. The SMILES string of the molecule is Cc1cccc(-c2ncc(C(=O)NCC3CC3)c(N3CCCCC3)n2)c1. The van der Waals surface area contributed by atoms with E-state index in [9.17, 15) is 4.79 Å². The molecule has 4 rings (SSSR count). The van der Waals surface area contributed by atoms with Gasteiger partial charge in [-0.1, -0.05) is 23.8 Å². The Bertz CT molecular complexity index is 794. The number of hydrogen-bond donors (Lipinski definition) is 1. The highest BCUT2D eigenvalue weighted by Gasteiger charge is 2.25. The van der Waals surface area contributed by atoms with Gasteiger partial charge in [-0.3, -0.25) is 4.79 Å². The van der Waals surface area contributed by atoms with Crippen molar-refractivity contribution in [2.24, 2.45) is 5.92 Å². The number of hydrogen-bond acceptors (Lipinski definition) is 4. The Kier molecular flexibility index (Phi) is 4.87. The van der Waals surface area contributed by atoms with Gasteiger partial charge in [0.2, 0.25) is 0 Å². The molecule has 2 aliphatic rings. The Hall–Kier alpha value is -2.43. The van der Waals surface area contributed by atoms with Crippen LogP contribution in [0, 0.1) is 12.8 Å². The van der Waals surface area contributed by atoms with Crippen molar-refractivity contribution in [2.45, 2.75) is 39.0 Å². The van der Waals surface area contributed by atoms with Crippen molar-refractivity contribution >= 4 is 11.7 Å². The molecule has 26 heavy (non-hydrogen) atoms. The van der Waals surface area contributed by atoms with Gasteiger partial charge in [0.15, 0.2) is 5.82 Å². The summed E-state index contributed by atoms with van der Waals surface area (Å²) >= 11 is 0. The summed E-state index contributed by atoms with van der Waals surface area (Å²) in [6.07, 6.45) is 7.69. The van der Waals surface area contributed by atoms with E-state index in [1.165, 1.54) is 24.8 Å². The number of benzene rings is 1. The summed E-state index contributed by atoms with van der Waals surface area (Å²) in [7, 11) is 0. The van der Waals surface area contributed by atoms with Gasteiger partial charge >= 0.3 is 0 Å². The zero-order valence-electron chi connectivity index (χ0n) is 15.4. The van der Waals surface area contributed by atoms with E-state index in [1.807, 2.05) is 12.1 Å². The van der Waals surface area contributed by atoms with Crippen LogP contribution in [0.4, 0.5) is 5.82 Å². The zero-order chi connectivity index (χ0) is 17.9. The summed E-state index contributed by atoms with van der Waals surface area (Å²) < 4.78 is 0. The predicted octanol–water partition coefficient (Wildman–Crippen LogP) is 3.58. The van der Waals surface area contributed by atoms with Crippen molar-refractivity contribution < 1.29 is 4.79 Å². The molecule has 1 aliphatic carbocycles. The number of aromatic nitrogens is 2. The van der Waals surface area contributed by atoms with Crippen molar-refractivity contribution in [3.8, 4) is 11.4 Å². The first-order valence-electron chi connectivity index (χ1n) is 9.68. The van der Waals surface area contributed by atoms with Gasteiger partial charge in [0, 0.05) is 31.4 Å². The van der Waals surface area contributed by atoms with Crippen molar-refractivity contribution in [1.82, 2.24) is 15.3 Å². The van der Waals surface area contributed by atoms with Crippen LogP contribution in [0.15, 0.2) is 30.5 Å². The molecule has 0 atom stereocenters. The van der Waals surface area contributed by atoms with Crippen molar-refractivity contribution in [1.29, 1.82) is 0 Å². The van der Waals surface area contributed by atoms with Gasteiger partial charge in [-0.25, -0.2) is 9.97 Å². The number of aryl methyl sites for hydroxylation is 1. The molecule has 1 saturated carbocycles. The fraction of sp³-hybridized carbons (Fsp3) is 0.476. The first-order valence-corrected chi connectivity index (χ1v) is 9.68. The number of anilines is 1. The summed E-state index contributed by atoms with van der Waals surface area (Å²) in [4.78, 5) is 24.3. The minimum absolute atomic E-state index is 0.0479. The molecule has 2 fully saturated rings. The lowest BCUT2D eigenvalue weighted by molar-refractivity contribution is 0.0951. The number of nitrogens with zero attached hydrogens (tertiary/aromatic N) is 3. The van der Waals surface area contributed by atoms with E-state index in [0.717, 1.165) is 43.9 Å². The number of piperidine rings is 1. The Morgan fingerprint density at radius 1 is 1.23 bits per heavy atom. The summed E-state index contributed by atoms with van der Waals surface area (Å²) in [5, 5.41) is 3.06. The maximum absolute atomic E-state index is 12.7. The van der Waals surface area contributed by atoms with Crippen molar-refractivity contribution in [3.05, 3.63) is 41.6 Å². The van der Waals surface area contributed by atoms with Gasteiger partial charge in [0.1, 0.15) is 11.4 Å². The van der Waals surface area contributed by atoms with Crippen LogP contribution in [0.3, 0.4) is 0 Å². The molecule has 136 valence electrons. The van der Waals surface area contributed by atoms with E-state index in [1.54, 1.807) is 6.20 Å². The summed E-state index contributed by atoms with van der Waals surface area (Å²) in [6, 6.07) is 8.19. The van der Waals surface area contributed by atoms with E-state index in [2.05, 4.69) is 34.3 Å². The molecular formula is C21H26N4O. The molecule has 1 amide bonds. The topological polar surface area (TPSA) is 58.1 Å². The third kappa shape index (κ3) is 3.87. The third-order valence-electron chi connectivity index (χ3n) is 5.19. The maximum Gasteiger partial charge on any atom is 0.256 e. The van der Waals surface area contributed by atoms with E-state index in [-0.39, 0.29) is 5.91 Å². The number of carbonyl (C=O) groups excluding carboxylic acids is 1. The molecule has 1 aliphatic heterocycles. The van der Waals surface area contributed by atoms with Crippen LogP contribution >= 0.6 is 0 Å². The summed E-state index contributed by atoms with van der Waals surface area (Å²) in [5.74, 6) is 2.08. The second-order valence-electron chi connectivity index (χ2n) is 7.50. The smallest absolute Gasteiger partial charge is 0.256 e. The zero-order valence-corrected chi connectivity index (χ0v) is 15.4. The molecule has 1 saturated heterocycles. The monoisotopic (exact) mass is 350 g/mol. The minimum Gasteiger partial charge on any atom is -0.356 e. The molecule has 1 aromatic carbocycles. The first-order chi connectivity index (χ1) is 12.7. The van der Waals surface area contributed by atoms with E-state index < -0.39 is 0 Å². The molecule has 0 spiro atoms. The van der Waals surface area contributed by atoms with E-state index in [4.69, 9.17) is 4.98 Å². The highest BCUT2D eigenvalue weighted by Crippen LogP contribution is 2.29. The normalized spacial score (nSPS) is 17.2. The van der Waals surface area contributed by atoms with Crippen LogP contribution in [-0.2, 0) is 0 Å². The van der Waals surface area contributed by atoms with Gasteiger partial charge in [-0.2, -0.15) is 0 Å². The van der Waals surface area contributed by atoms with Crippen LogP contribution < -0.4 is 10.2 Å².